The lowest BCUT2D eigenvalue weighted by Crippen LogP contribution is -2.60. The Hall–Kier alpha value is -3.89. The van der Waals surface area contributed by atoms with Crippen LogP contribution in [-0.4, -0.2) is 72.1 Å². The minimum atomic E-state index is -1.93. The number of likely N-dealkylation sites (tertiary alicyclic amines) is 1. The van der Waals surface area contributed by atoms with Crippen LogP contribution in [0.1, 0.15) is 31.9 Å². The SMILES string of the molecule is CC(C)(C)[Si](C)(C)OC1CN(CC(Oc2ncnc(Nc3ccccc3Cl)c2C=N)C(=O)Nc2ccc(C#N)cn2)C1. The number of nitrogens with zero attached hydrogens (tertiary/aromatic N) is 5. The Morgan fingerprint density at radius 1 is 1.24 bits per heavy atom. The number of carbonyl (C=O) groups is 1. The molecule has 3 aromatic rings. The van der Waals surface area contributed by atoms with Gasteiger partial charge in [0.2, 0.25) is 5.88 Å². The Bertz CT molecular complexity index is 1470. The maximum atomic E-state index is 13.5. The molecule has 0 saturated carbocycles. The summed E-state index contributed by atoms with van der Waals surface area (Å²) in [7, 11) is -1.93. The third-order valence-corrected chi connectivity index (χ3v) is 12.3. The molecule has 1 atom stereocenters. The quantitative estimate of drug-likeness (QED) is 0.197. The summed E-state index contributed by atoms with van der Waals surface area (Å²) in [5, 5.41) is 23.6. The zero-order chi connectivity index (χ0) is 30.5. The molecule has 4 rings (SSSR count). The van der Waals surface area contributed by atoms with Crippen molar-refractivity contribution in [1.29, 1.82) is 10.7 Å². The highest BCUT2D eigenvalue weighted by Gasteiger charge is 2.42. The second-order valence-electron chi connectivity index (χ2n) is 11.5. The normalized spacial score (nSPS) is 14.8. The van der Waals surface area contributed by atoms with Gasteiger partial charge in [0.05, 0.1) is 27.9 Å². The second kappa shape index (κ2) is 13.0. The minimum absolute atomic E-state index is 0.0667. The largest absolute Gasteiger partial charge is 0.462 e. The van der Waals surface area contributed by atoms with Crippen LogP contribution in [0.25, 0.3) is 0 Å². The molecule has 1 saturated heterocycles. The van der Waals surface area contributed by atoms with Crippen LogP contribution in [0.15, 0.2) is 48.9 Å². The molecule has 1 aliphatic heterocycles. The van der Waals surface area contributed by atoms with Gasteiger partial charge in [0, 0.05) is 32.0 Å². The van der Waals surface area contributed by atoms with Gasteiger partial charge in [-0.2, -0.15) is 5.26 Å². The van der Waals surface area contributed by atoms with Crippen LogP contribution in [0.4, 0.5) is 17.3 Å². The monoisotopic (exact) mass is 606 g/mol. The third-order valence-electron chi connectivity index (χ3n) is 7.42. The highest BCUT2D eigenvalue weighted by Crippen LogP contribution is 2.38. The number of hydrogen-bond acceptors (Lipinski definition) is 10. The van der Waals surface area contributed by atoms with Crippen molar-refractivity contribution in [2.24, 2.45) is 0 Å². The van der Waals surface area contributed by atoms with Gasteiger partial charge in [-0.05, 0) is 42.4 Å². The summed E-state index contributed by atoms with van der Waals surface area (Å²) >= 11 is 6.30. The number of rotatable bonds is 11. The molecule has 220 valence electrons. The molecule has 13 heteroatoms. The Kier molecular flexibility index (Phi) is 9.58. The van der Waals surface area contributed by atoms with Crippen molar-refractivity contribution >= 4 is 49.4 Å². The molecule has 42 heavy (non-hydrogen) atoms. The number of nitrogens with one attached hydrogen (secondary N) is 3. The van der Waals surface area contributed by atoms with Crippen molar-refractivity contribution in [2.75, 3.05) is 30.3 Å². The van der Waals surface area contributed by atoms with Gasteiger partial charge in [0.15, 0.2) is 14.4 Å². The number of anilines is 3. The van der Waals surface area contributed by atoms with Crippen molar-refractivity contribution in [3.8, 4) is 11.9 Å². The van der Waals surface area contributed by atoms with E-state index >= 15 is 0 Å². The van der Waals surface area contributed by atoms with E-state index in [1.54, 1.807) is 24.3 Å². The van der Waals surface area contributed by atoms with Gasteiger partial charge in [-0.15, -0.1) is 0 Å². The molecule has 0 spiro atoms. The van der Waals surface area contributed by atoms with Crippen LogP contribution in [0, 0.1) is 16.7 Å². The number of para-hydroxylation sites is 1. The number of pyridine rings is 1. The second-order valence-corrected chi connectivity index (χ2v) is 16.7. The standard InChI is InChI=1S/C29H35ClN8O3Si/c1-29(2,3)42(4,5)41-20-15-38(16-20)17-24(27(39)37-25-11-10-19(12-31)14-33-25)40-28-21(13-32)26(34-18-35-28)36-23-9-7-6-8-22(23)30/h6-11,13-14,18,20,24,32H,15-17H2,1-5H3,(H,33,37,39)(H,34,35,36). The van der Waals surface area contributed by atoms with Crippen LogP contribution in [0.5, 0.6) is 5.88 Å². The van der Waals surface area contributed by atoms with E-state index in [2.05, 4.69) is 64.4 Å². The summed E-state index contributed by atoms with van der Waals surface area (Å²) < 4.78 is 12.7. The maximum Gasteiger partial charge on any atom is 0.268 e. The van der Waals surface area contributed by atoms with E-state index in [0.717, 1.165) is 6.21 Å². The van der Waals surface area contributed by atoms with Gasteiger partial charge < -0.3 is 25.2 Å². The predicted molar refractivity (Wildman–Crippen MR) is 165 cm³/mol. The first-order chi connectivity index (χ1) is 19.9. The van der Waals surface area contributed by atoms with Crippen molar-refractivity contribution in [3.63, 3.8) is 0 Å². The number of amides is 1. The first-order valence-electron chi connectivity index (χ1n) is 13.5. The molecule has 0 bridgehead atoms. The first kappa shape index (κ1) is 31.1. The van der Waals surface area contributed by atoms with Crippen LogP contribution < -0.4 is 15.4 Å². The summed E-state index contributed by atoms with van der Waals surface area (Å²) in [6, 6.07) is 12.3. The summed E-state index contributed by atoms with van der Waals surface area (Å²) in [6.07, 6.45) is 2.83. The summed E-state index contributed by atoms with van der Waals surface area (Å²) in [5.74, 6) is 0.211. The van der Waals surface area contributed by atoms with E-state index in [1.807, 2.05) is 18.2 Å². The van der Waals surface area contributed by atoms with Crippen molar-refractivity contribution in [2.45, 2.75) is 51.1 Å². The zero-order valence-corrected chi connectivity index (χ0v) is 26.1. The van der Waals surface area contributed by atoms with Gasteiger partial charge in [-0.25, -0.2) is 15.0 Å². The summed E-state index contributed by atoms with van der Waals surface area (Å²) in [6.45, 7) is 12.7. The van der Waals surface area contributed by atoms with E-state index in [0.29, 0.717) is 35.2 Å². The molecule has 3 heterocycles. The van der Waals surface area contributed by atoms with Crippen LogP contribution in [0.3, 0.4) is 0 Å². The molecule has 1 aliphatic rings. The lowest BCUT2D eigenvalue weighted by Gasteiger charge is -2.46. The molecular formula is C29H35ClN8O3Si. The fourth-order valence-corrected chi connectivity index (χ4v) is 5.54. The Balaban J connectivity index is 1.53. The number of halogens is 1. The average Bonchev–Trinajstić information content (AvgIpc) is 2.92. The fourth-order valence-electron chi connectivity index (χ4n) is 4.02. The molecule has 11 nitrogen and oxygen atoms in total. The van der Waals surface area contributed by atoms with Crippen molar-refractivity contribution in [3.05, 3.63) is 65.1 Å². The van der Waals surface area contributed by atoms with Crippen LogP contribution >= 0.6 is 11.6 Å². The zero-order valence-electron chi connectivity index (χ0n) is 24.3. The van der Waals surface area contributed by atoms with E-state index in [4.69, 9.17) is 31.4 Å². The van der Waals surface area contributed by atoms with Crippen molar-refractivity contribution < 1.29 is 14.0 Å². The predicted octanol–water partition coefficient (Wildman–Crippen LogP) is 5.23. The minimum Gasteiger partial charge on any atom is -0.462 e. The topological polar surface area (TPSA) is 149 Å². The Labute approximate surface area is 251 Å². The number of aromatic nitrogens is 3. The number of carbonyl (C=O) groups excluding carboxylic acids is 1. The van der Waals surface area contributed by atoms with Gasteiger partial charge >= 0.3 is 0 Å². The van der Waals surface area contributed by atoms with Gasteiger partial charge in [0.1, 0.15) is 24.0 Å². The lowest BCUT2D eigenvalue weighted by molar-refractivity contribution is -0.125. The highest BCUT2D eigenvalue weighted by atomic mass is 35.5. The fraction of sp³-hybridized carbons (Fsp3) is 0.379. The molecule has 2 aromatic heterocycles. The average molecular weight is 607 g/mol. The summed E-state index contributed by atoms with van der Waals surface area (Å²) in [5.41, 5.74) is 1.24. The molecule has 1 amide bonds. The van der Waals surface area contributed by atoms with Crippen molar-refractivity contribution in [1.82, 2.24) is 19.9 Å². The van der Waals surface area contributed by atoms with Gasteiger partial charge in [-0.1, -0.05) is 44.5 Å². The van der Waals surface area contributed by atoms with E-state index in [1.165, 1.54) is 12.5 Å². The number of benzene rings is 1. The van der Waals surface area contributed by atoms with Gasteiger partial charge in [-0.3, -0.25) is 9.69 Å². The lowest BCUT2D eigenvalue weighted by atomic mass is 10.1. The number of hydrogen-bond donors (Lipinski definition) is 3. The third kappa shape index (κ3) is 7.48. The van der Waals surface area contributed by atoms with Crippen LogP contribution in [-0.2, 0) is 9.22 Å². The smallest absolute Gasteiger partial charge is 0.268 e. The molecule has 1 unspecified atom stereocenters. The summed E-state index contributed by atoms with van der Waals surface area (Å²) in [4.78, 5) is 28.2. The molecule has 0 radical (unpaired) electrons. The Morgan fingerprint density at radius 2 is 1.98 bits per heavy atom. The number of nitriles is 1. The maximum absolute atomic E-state index is 13.5. The van der Waals surface area contributed by atoms with E-state index in [-0.39, 0.29) is 34.9 Å². The number of ether oxygens (including phenoxy) is 1. The van der Waals surface area contributed by atoms with Gasteiger partial charge in [0.25, 0.3) is 5.91 Å². The van der Waals surface area contributed by atoms with E-state index < -0.39 is 20.3 Å². The first-order valence-corrected chi connectivity index (χ1v) is 16.8. The molecule has 0 aliphatic carbocycles. The molecule has 1 aromatic carbocycles. The molecule has 3 N–H and O–H groups in total. The Morgan fingerprint density at radius 3 is 2.60 bits per heavy atom. The molecular weight excluding hydrogens is 572 g/mol. The van der Waals surface area contributed by atoms with E-state index in [9.17, 15) is 4.79 Å². The van der Waals surface area contributed by atoms with Crippen LogP contribution in [0.2, 0.25) is 23.2 Å². The molecule has 1 fully saturated rings. The highest BCUT2D eigenvalue weighted by molar-refractivity contribution is 6.74.